The molecule has 0 radical (unpaired) electrons. The molecule has 1 fully saturated rings. The maximum atomic E-state index is 13.3. The molecule has 156 valence electrons. The van der Waals surface area contributed by atoms with Crippen molar-refractivity contribution in [1.29, 1.82) is 0 Å². The lowest BCUT2D eigenvalue weighted by atomic mass is 10.1. The second-order valence-corrected chi connectivity index (χ2v) is 9.56. The van der Waals surface area contributed by atoms with E-state index in [0.29, 0.717) is 12.2 Å². The number of hydrogen-bond acceptors (Lipinski definition) is 6. The van der Waals surface area contributed by atoms with Gasteiger partial charge in [0.05, 0.1) is 24.0 Å². The molecule has 0 aliphatic carbocycles. The van der Waals surface area contributed by atoms with E-state index in [4.69, 9.17) is 4.74 Å². The molecular weight excluding hydrogens is 410 g/mol. The zero-order valence-corrected chi connectivity index (χ0v) is 18.3. The lowest BCUT2D eigenvalue weighted by Crippen LogP contribution is -2.42. The van der Waals surface area contributed by atoms with Crippen molar-refractivity contribution in [2.24, 2.45) is 0 Å². The number of amides is 1. The highest BCUT2D eigenvalue weighted by molar-refractivity contribution is 7.98. The molecule has 7 nitrogen and oxygen atoms in total. The van der Waals surface area contributed by atoms with E-state index in [1.54, 1.807) is 18.3 Å². The predicted octanol–water partition coefficient (Wildman–Crippen LogP) is 3.63. The van der Waals surface area contributed by atoms with Crippen molar-refractivity contribution < 1.29 is 17.9 Å². The molecule has 0 bridgehead atoms. The average molecular weight is 436 g/mol. The van der Waals surface area contributed by atoms with Crippen molar-refractivity contribution in [1.82, 2.24) is 9.29 Å². The molecule has 29 heavy (non-hydrogen) atoms. The van der Waals surface area contributed by atoms with Crippen LogP contribution in [0.2, 0.25) is 0 Å². The van der Waals surface area contributed by atoms with Gasteiger partial charge in [0.15, 0.2) is 0 Å². The predicted molar refractivity (Wildman–Crippen MR) is 114 cm³/mol. The summed E-state index contributed by atoms with van der Waals surface area (Å²) in [6.07, 6.45) is 6.14. The first kappa shape index (κ1) is 21.6. The van der Waals surface area contributed by atoms with Crippen LogP contribution in [0.25, 0.3) is 0 Å². The first-order chi connectivity index (χ1) is 13.9. The van der Waals surface area contributed by atoms with E-state index < -0.39 is 15.9 Å². The molecule has 1 unspecified atom stereocenters. The first-order valence-corrected chi connectivity index (χ1v) is 12.0. The molecule has 1 aliphatic rings. The maximum Gasteiger partial charge on any atom is 0.255 e. The molecule has 2 aromatic rings. The highest BCUT2D eigenvalue weighted by atomic mass is 32.2. The molecule has 1 aromatic heterocycles. The fourth-order valence-corrected chi connectivity index (χ4v) is 5.60. The smallest absolute Gasteiger partial charge is 0.255 e. The summed E-state index contributed by atoms with van der Waals surface area (Å²) in [5.41, 5.74) is 0.778. The van der Waals surface area contributed by atoms with Gasteiger partial charge in [-0.05, 0) is 56.4 Å². The van der Waals surface area contributed by atoms with Crippen LogP contribution in [0.4, 0.5) is 5.69 Å². The second kappa shape index (κ2) is 9.15. The Morgan fingerprint density at radius 1 is 1.28 bits per heavy atom. The Kier molecular flexibility index (Phi) is 6.81. The number of carbonyl (C=O) groups excluding carboxylic acids is 1. The summed E-state index contributed by atoms with van der Waals surface area (Å²) in [5.74, 6) is -0.181. The van der Waals surface area contributed by atoms with Gasteiger partial charge in [0.25, 0.3) is 5.91 Å². The van der Waals surface area contributed by atoms with Crippen molar-refractivity contribution >= 4 is 33.4 Å². The van der Waals surface area contributed by atoms with Gasteiger partial charge in [-0.25, -0.2) is 13.4 Å². The molecule has 9 heteroatoms. The number of benzene rings is 1. The zero-order valence-electron chi connectivity index (χ0n) is 16.7. The number of aromatic nitrogens is 1. The Balaban J connectivity index is 1.90. The van der Waals surface area contributed by atoms with Crippen molar-refractivity contribution in [2.75, 3.05) is 25.2 Å². The van der Waals surface area contributed by atoms with Gasteiger partial charge >= 0.3 is 0 Å². The number of ether oxygens (including phenoxy) is 1. The lowest BCUT2D eigenvalue weighted by Gasteiger charge is -2.32. The number of hydrogen-bond donors (Lipinski definition) is 1. The third-order valence-electron chi connectivity index (χ3n) is 4.96. The highest BCUT2D eigenvalue weighted by Gasteiger charge is 2.33. The van der Waals surface area contributed by atoms with Gasteiger partial charge in [-0.15, -0.1) is 11.8 Å². The van der Waals surface area contributed by atoms with Crippen LogP contribution < -0.4 is 10.1 Å². The number of sulfonamides is 1. The fraction of sp³-hybridized carbons (Fsp3) is 0.400. The Morgan fingerprint density at radius 3 is 2.69 bits per heavy atom. The van der Waals surface area contributed by atoms with Crippen LogP contribution in [-0.4, -0.2) is 49.6 Å². The van der Waals surface area contributed by atoms with E-state index in [-0.39, 0.29) is 22.3 Å². The van der Waals surface area contributed by atoms with Gasteiger partial charge in [0, 0.05) is 18.2 Å². The van der Waals surface area contributed by atoms with Crippen molar-refractivity contribution in [3.63, 3.8) is 0 Å². The average Bonchev–Trinajstić information content (AvgIpc) is 2.74. The molecule has 1 aliphatic heterocycles. The minimum atomic E-state index is -3.78. The molecule has 1 amide bonds. The lowest BCUT2D eigenvalue weighted by molar-refractivity contribution is 0.102. The largest absolute Gasteiger partial charge is 0.495 e. The van der Waals surface area contributed by atoms with Crippen LogP contribution in [0, 0.1) is 0 Å². The summed E-state index contributed by atoms with van der Waals surface area (Å²) in [5, 5.41) is 3.60. The summed E-state index contributed by atoms with van der Waals surface area (Å²) in [4.78, 5) is 16.9. The number of rotatable bonds is 6. The van der Waals surface area contributed by atoms with Crippen LogP contribution in [0.3, 0.4) is 0 Å². The number of thioether (sulfide) groups is 1. The van der Waals surface area contributed by atoms with Crippen LogP contribution in [0.5, 0.6) is 5.75 Å². The minimum Gasteiger partial charge on any atom is -0.495 e. The Hall–Kier alpha value is -2.10. The zero-order chi connectivity index (χ0) is 21.0. The SMILES string of the molecule is COc1ccc(C(=O)Nc2ccc(SC)nc2)cc1S(=O)(=O)N1CCCCC1C. The van der Waals surface area contributed by atoms with E-state index in [9.17, 15) is 13.2 Å². The standard InChI is InChI=1S/C20H25N3O4S2/c1-14-6-4-5-11-23(14)29(25,26)18-12-15(7-9-17(18)27-2)20(24)22-16-8-10-19(28-3)21-13-16/h7-10,12-14H,4-6,11H2,1-3H3,(H,22,24). The number of pyridine rings is 1. The molecule has 1 aromatic carbocycles. The maximum absolute atomic E-state index is 13.3. The van der Waals surface area contributed by atoms with Crippen molar-refractivity contribution in [2.45, 2.75) is 42.1 Å². The third kappa shape index (κ3) is 4.73. The minimum absolute atomic E-state index is 0.0113. The van der Waals surface area contributed by atoms with Crippen LogP contribution in [0.1, 0.15) is 36.5 Å². The van der Waals surface area contributed by atoms with Gasteiger partial charge in [0.2, 0.25) is 10.0 Å². The van der Waals surface area contributed by atoms with Gasteiger partial charge in [0.1, 0.15) is 10.6 Å². The summed E-state index contributed by atoms with van der Waals surface area (Å²) < 4.78 is 33.4. The third-order valence-corrected chi connectivity index (χ3v) is 7.65. The highest BCUT2D eigenvalue weighted by Crippen LogP contribution is 2.32. The van der Waals surface area contributed by atoms with Gasteiger partial charge < -0.3 is 10.1 Å². The molecule has 2 heterocycles. The Bertz CT molecular complexity index is 978. The van der Waals surface area contributed by atoms with E-state index >= 15 is 0 Å². The Labute approximate surface area is 175 Å². The molecular formula is C20H25N3O4S2. The number of anilines is 1. The van der Waals surface area contributed by atoms with Crippen LogP contribution in [0.15, 0.2) is 46.5 Å². The van der Waals surface area contributed by atoms with E-state index in [1.165, 1.54) is 35.3 Å². The monoisotopic (exact) mass is 435 g/mol. The summed E-state index contributed by atoms with van der Waals surface area (Å²) >= 11 is 1.51. The van der Waals surface area contributed by atoms with Crippen molar-refractivity contribution in [3.8, 4) is 5.75 Å². The number of nitrogens with zero attached hydrogens (tertiary/aromatic N) is 2. The first-order valence-electron chi connectivity index (χ1n) is 9.38. The van der Waals surface area contributed by atoms with E-state index in [0.717, 1.165) is 24.3 Å². The number of piperidine rings is 1. The van der Waals surface area contributed by atoms with Crippen LogP contribution in [-0.2, 0) is 10.0 Å². The molecule has 1 atom stereocenters. The van der Waals surface area contributed by atoms with Gasteiger partial charge in [-0.2, -0.15) is 4.31 Å². The molecule has 0 spiro atoms. The second-order valence-electron chi connectivity index (χ2n) is 6.87. The fourth-order valence-electron chi connectivity index (χ4n) is 3.35. The van der Waals surface area contributed by atoms with E-state index in [1.807, 2.05) is 19.2 Å². The molecule has 3 rings (SSSR count). The Morgan fingerprint density at radius 2 is 2.07 bits per heavy atom. The normalized spacial score (nSPS) is 17.7. The summed E-state index contributed by atoms with van der Waals surface area (Å²) in [6, 6.07) is 7.93. The van der Waals surface area contributed by atoms with Crippen LogP contribution >= 0.6 is 11.8 Å². The van der Waals surface area contributed by atoms with Gasteiger partial charge in [-0.3, -0.25) is 4.79 Å². The number of nitrogens with one attached hydrogen (secondary N) is 1. The summed E-state index contributed by atoms with van der Waals surface area (Å²) in [7, 11) is -2.36. The molecule has 0 saturated carbocycles. The summed E-state index contributed by atoms with van der Waals surface area (Å²) in [6.45, 7) is 2.38. The molecule has 1 N–H and O–H groups in total. The topological polar surface area (TPSA) is 88.6 Å². The molecule has 1 saturated heterocycles. The van der Waals surface area contributed by atoms with Gasteiger partial charge in [-0.1, -0.05) is 6.42 Å². The van der Waals surface area contributed by atoms with Crippen molar-refractivity contribution in [3.05, 3.63) is 42.1 Å². The number of carbonyl (C=O) groups is 1. The van der Waals surface area contributed by atoms with E-state index in [2.05, 4.69) is 10.3 Å². The number of methoxy groups -OCH3 is 1. The quantitative estimate of drug-likeness (QED) is 0.697.